The summed E-state index contributed by atoms with van der Waals surface area (Å²) in [7, 11) is 3.80. The summed E-state index contributed by atoms with van der Waals surface area (Å²) in [5.74, 6) is 8.81. The first-order valence-electron chi connectivity index (χ1n) is 25.3. The summed E-state index contributed by atoms with van der Waals surface area (Å²) in [5.41, 5.74) is 3.62. The van der Waals surface area contributed by atoms with Crippen LogP contribution in [0.3, 0.4) is 0 Å². The van der Waals surface area contributed by atoms with Crippen molar-refractivity contribution in [3.63, 3.8) is 0 Å². The SMILES string of the molecule is CC(C)c1ccn[nH]1.CC(C)c1cnc[nH]1.CC(C)c1cnco1.CC(C)c1ncco1.CC(C)c1nccs1.CC(C)c1nncn1C.CC(C)c1nnco1.CC(C)c1nnnn1C.Cc1nc(C(C)C)cs1. The van der Waals surface area contributed by atoms with Gasteiger partial charge in [0.1, 0.15) is 24.2 Å². The molecule has 0 saturated carbocycles. The largest absolute Gasteiger partial charge is 0.449 e. The van der Waals surface area contributed by atoms with Gasteiger partial charge in [-0.15, -0.1) is 48.2 Å². The molecule has 0 aliphatic rings. The number of aromatic amines is 2. The fourth-order valence-corrected chi connectivity index (χ4v) is 6.77. The minimum atomic E-state index is 0.345. The van der Waals surface area contributed by atoms with Crippen molar-refractivity contribution in [2.45, 2.75) is 185 Å². The first-order valence-corrected chi connectivity index (χ1v) is 27.1. The van der Waals surface area contributed by atoms with E-state index < -0.39 is 0 Å². The summed E-state index contributed by atoms with van der Waals surface area (Å²) in [6, 6.07) is 1.99. The second kappa shape index (κ2) is 37.2. The van der Waals surface area contributed by atoms with Gasteiger partial charge >= 0.3 is 0 Å². The topological polar surface area (TPSA) is 248 Å². The molecule has 0 aliphatic carbocycles. The molecule has 9 heterocycles. The molecule has 22 heteroatoms. The lowest BCUT2D eigenvalue weighted by Gasteiger charge is -2.00. The second-order valence-electron chi connectivity index (χ2n) is 19.6. The number of tetrazole rings is 1. The normalized spacial score (nSPS) is 10.5. The van der Waals surface area contributed by atoms with E-state index in [-0.39, 0.29) is 0 Å². The molecule has 0 amide bonds. The van der Waals surface area contributed by atoms with Crippen LogP contribution >= 0.6 is 22.7 Å². The van der Waals surface area contributed by atoms with Crippen LogP contribution in [0.2, 0.25) is 0 Å². The smallest absolute Gasteiger partial charge is 0.218 e. The molecule has 75 heavy (non-hydrogen) atoms. The summed E-state index contributed by atoms with van der Waals surface area (Å²) in [6.45, 7) is 39.8. The molecule has 0 unspecified atom stereocenters. The minimum Gasteiger partial charge on any atom is -0.449 e. The molecule has 9 aromatic heterocycles. The highest BCUT2D eigenvalue weighted by Crippen LogP contribution is 2.17. The number of thiazole rings is 2. The Labute approximate surface area is 453 Å². The Hall–Kier alpha value is -6.55. The third-order valence-electron chi connectivity index (χ3n) is 9.73. The summed E-state index contributed by atoms with van der Waals surface area (Å²) >= 11 is 3.44. The number of hydrogen-bond acceptors (Lipinski definition) is 18. The lowest BCUT2D eigenvalue weighted by atomic mass is 10.1. The van der Waals surface area contributed by atoms with Gasteiger partial charge in [0.25, 0.3) is 0 Å². The van der Waals surface area contributed by atoms with E-state index in [2.05, 4.69) is 178 Å². The van der Waals surface area contributed by atoms with Crippen LogP contribution in [0, 0.1) is 6.92 Å². The van der Waals surface area contributed by atoms with Crippen LogP contribution < -0.4 is 0 Å². The van der Waals surface area contributed by atoms with E-state index in [1.807, 2.05) is 77.1 Å². The molecule has 9 aromatic rings. The molecule has 414 valence electrons. The molecule has 0 radical (unpaired) electrons. The standard InChI is InChI=1S/C7H11NS.C6H11N3.2C6H10N2.2C6H9NO.C6H9NS.C5H10N4.C5H8N2O/c1-5(2)7-4-9-6(3)8-7;1-5(2)6-8-7-4-9(6)3;1-5(2)6-3-7-4-8-6;1-5(2)6-3-4-7-8-6;1-5(2)6-3-7-4-8-6;2*1-5(2)6-7-3-4-8-6;1-4(2)5-6-7-8-9(5)3;1-4(2)5-7-6-3-8-5/h2*4-5H,1-3H3;2*3-5H,1-2H3,(H,7,8);3*3-5H,1-2H3;4H,1-3H3;3-4H,1-2H3. The third kappa shape index (κ3) is 28.6. The fourth-order valence-electron chi connectivity index (χ4n) is 5.34. The van der Waals surface area contributed by atoms with E-state index in [0.29, 0.717) is 59.2 Å². The van der Waals surface area contributed by atoms with Crippen molar-refractivity contribution in [2.24, 2.45) is 14.1 Å². The molecule has 9 rings (SSSR count). The van der Waals surface area contributed by atoms with Gasteiger partial charge in [-0.2, -0.15) is 5.10 Å². The molecular weight excluding hydrogens is 987 g/mol. The van der Waals surface area contributed by atoms with Crippen molar-refractivity contribution in [3.05, 3.63) is 136 Å². The molecule has 0 atom stereocenters. The maximum absolute atomic E-state index is 4.98. The Kier molecular flexibility index (Phi) is 33.0. The molecule has 0 saturated heterocycles. The number of oxazole rings is 2. The molecule has 0 bridgehead atoms. The van der Waals surface area contributed by atoms with E-state index >= 15 is 0 Å². The van der Waals surface area contributed by atoms with Gasteiger partial charge in [0.05, 0.1) is 34.4 Å². The number of imidazole rings is 1. The lowest BCUT2D eigenvalue weighted by Crippen LogP contribution is -2.00. The lowest BCUT2D eigenvalue weighted by molar-refractivity contribution is 0.470. The zero-order valence-corrected chi connectivity index (χ0v) is 50.1. The van der Waals surface area contributed by atoms with Crippen molar-refractivity contribution in [3.8, 4) is 0 Å². The highest BCUT2D eigenvalue weighted by molar-refractivity contribution is 7.09. The van der Waals surface area contributed by atoms with Crippen molar-refractivity contribution in [2.75, 3.05) is 0 Å². The van der Waals surface area contributed by atoms with Crippen LogP contribution in [0.25, 0.3) is 0 Å². The van der Waals surface area contributed by atoms with Gasteiger partial charge in [0, 0.05) is 90.3 Å². The van der Waals surface area contributed by atoms with Gasteiger partial charge in [-0.05, 0) is 41.2 Å². The van der Waals surface area contributed by atoms with E-state index in [1.165, 1.54) is 39.9 Å². The van der Waals surface area contributed by atoms with E-state index in [1.54, 1.807) is 64.9 Å². The van der Waals surface area contributed by atoms with Gasteiger partial charge in [-0.3, -0.25) is 5.10 Å². The number of rotatable bonds is 9. The quantitative estimate of drug-likeness (QED) is 0.136. The predicted octanol–water partition coefficient (Wildman–Crippen LogP) is 14.0. The highest BCUT2D eigenvalue weighted by atomic mass is 32.1. The van der Waals surface area contributed by atoms with E-state index in [9.17, 15) is 0 Å². The number of hydrogen-bond donors (Lipinski definition) is 2. The minimum absolute atomic E-state index is 0.345. The summed E-state index contributed by atoms with van der Waals surface area (Å²) < 4.78 is 18.5. The molecule has 0 fully saturated rings. The van der Waals surface area contributed by atoms with Crippen molar-refractivity contribution < 1.29 is 13.3 Å². The zero-order valence-electron chi connectivity index (χ0n) is 48.5. The Morgan fingerprint density at radius 1 is 0.573 bits per heavy atom. The third-order valence-corrected chi connectivity index (χ3v) is 11.6. The van der Waals surface area contributed by atoms with Gasteiger partial charge in [-0.25, -0.2) is 29.6 Å². The van der Waals surface area contributed by atoms with Gasteiger partial charge in [0.15, 0.2) is 18.1 Å². The second-order valence-corrected chi connectivity index (χ2v) is 21.6. The van der Waals surface area contributed by atoms with Crippen LogP contribution in [0.15, 0.2) is 92.8 Å². The molecule has 20 nitrogen and oxygen atoms in total. The first-order chi connectivity index (χ1) is 35.5. The van der Waals surface area contributed by atoms with Crippen molar-refractivity contribution >= 4 is 22.7 Å². The van der Waals surface area contributed by atoms with Crippen LogP contribution in [-0.4, -0.2) is 85.3 Å². The van der Waals surface area contributed by atoms with Crippen LogP contribution in [0.4, 0.5) is 0 Å². The molecule has 0 aliphatic heterocycles. The van der Waals surface area contributed by atoms with Gasteiger partial charge < -0.3 is 22.8 Å². The van der Waals surface area contributed by atoms with Crippen LogP contribution in [0.5, 0.6) is 0 Å². The van der Waals surface area contributed by atoms with Gasteiger partial charge in [-0.1, -0.05) is 125 Å². The molecule has 2 N–H and O–H groups in total. The van der Waals surface area contributed by atoms with E-state index in [4.69, 9.17) is 13.3 Å². The maximum atomic E-state index is 4.98. The van der Waals surface area contributed by atoms with Crippen LogP contribution in [0.1, 0.15) is 234 Å². The zero-order chi connectivity index (χ0) is 56.5. The average Bonchev–Trinajstić information content (AvgIpc) is 4.21. The number of H-pyrrole nitrogens is 2. The van der Waals surface area contributed by atoms with Crippen molar-refractivity contribution in [1.82, 2.24) is 85.3 Å². The summed E-state index contributed by atoms with van der Waals surface area (Å²) in [4.78, 5) is 23.1. The highest BCUT2D eigenvalue weighted by Gasteiger charge is 2.06. The maximum Gasteiger partial charge on any atom is 0.218 e. The summed E-state index contributed by atoms with van der Waals surface area (Å²) in [5, 5.41) is 39.2. The number of nitrogens with zero attached hydrogens (tertiary/aromatic N) is 15. The van der Waals surface area contributed by atoms with Gasteiger partial charge in [0.2, 0.25) is 12.3 Å². The Balaban J connectivity index is 0.000000422. The van der Waals surface area contributed by atoms with Crippen molar-refractivity contribution in [1.29, 1.82) is 0 Å². The average molecular weight is 1070 g/mol. The fraction of sp³-hybridized carbons (Fsp3) is 0.566. The molecule has 0 spiro atoms. The molecular formula is C53H87N17O3S2. The number of aryl methyl sites for hydroxylation is 3. The monoisotopic (exact) mass is 1070 g/mol. The first kappa shape index (κ1) is 66.5. The number of aromatic nitrogens is 17. The predicted molar refractivity (Wildman–Crippen MR) is 300 cm³/mol. The molecule has 0 aromatic carbocycles. The Morgan fingerprint density at radius 3 is 1.49 bits per heavy atom. The Morgan fingerprint density at radius 2 is 1.25 bits per heavy atom. The van der Waals surface area contributed by atoms with Crippen LogP contribution in [-0.2, 0) is 14.1 Å². The number of nitrogens with one attached hydrogen (secondary N) is 2. The van der Waals surface area contributed by atoms with E-state index in [0.717, 1.165) is 23.3 Å². The Bertz CT molecular complexity index is 2250. The summed E-state index contributed by atoms with van der Waals surface area (Å²) in [6.07, 6.45) is 16.7.